The summed E-state index contributed by atoms with van der Waals surface area (Å²) < 4.78 is 26.0. The molecule has 0 bridgehead atoms. The lowest BCUT2D eigenvalue weighted by Crippen LogP contribution is -2.59. The lowest BCUT2D eigenvalue weighted by atomic mass is 10.2. The SMILES string of the molecule is Cc1ccc(Cl)cc1S(=O)(=O)N1CC(=O)NCC1C(=O)O. The first-order valence-corrected chi connectivity index (χ1v) is 7.83. The zero-order valence-electron chi connectivity index (χ0n) is 11.0. The number of nitrogens with one attached hydrogen (secondary N) is 1. The number of sulfonamides is 1. The molecule has 0 saturated carbocycles. The largest absolute Gasteiger partial charge is 0.480 e. The van der Waals surface area contributed by atoms with Crippen molar-refractivity contribution >= 4 is 33.5 Å². The second kappa shape index (κ2) is 5.63. The number of hydrogen-bond donors (Lipinski definition) is 2. The Labute approximate surface area is 126 Å². The van der Waals surface area contributed by atoms with Gasteiger partial charge in [-0.15, -0.1) is 0 Å². The maximum Gasteiger partial charge on any atom is 0.323 e. The van der Waals surface area contributed by atoms with E-state index in [1.165, 1.54) is 18.2 Å². The number of aryl methyl sites for hydroxylation is 1. The summed E-state index contributed by atoms with van der Waals surface area (Å²) in [5.74, 6) is -1.87. The van der Waals surface area contributed by atoms with Crippen LogP contribution < -0.4 is 5.32 Å². The van der Waals surface area contributed by atoms with Gasteiger partial charge in [-0.25, -0.2) is 8.42 Å². The van der Waals surface area contributed by atoms with Crippen LogP contribution in [0, 0.1) is 6.92 Å². The molecule has 9 heteroatoms. The second-order valence-electron chi connectivity index (χ2n) is 4.62. The van der Waals surface area contributed by atoms with Gasteiger partial charge in [-0.05, 0) is 24.6 Å². The number of carbonyl (C=O) groups is 2. The molecule has 1 atom stereocenters. The number of piperazine rings is 1. The van der Waals surface area contributed by atoms with Crippen molar-refractivity contribution < 1.29 is 23.1 Å². The fourth-order valence-electron chi connectivity index (χ4n) is 2.06. The van der Waals surface area contributed by atoms with Gasteiger partial charge in [0.2, 0.25) is 15.9 Å². The summed E-state index contributed by atoms with van der Waals surface area (Å²) in [6.45, 7) is 0.765. The van der Waals surface area contributed by atoms with Gasteiger partial charge in [0.05, 0.1) is 11.4 Å². The van der Waals surface area contributed by atoms with Crippen LogP contribution in [0.5, 0.6) is 0 Å². The van der Waals surface area contributed by atoms with Gasteiger partial charge in [0.15, 0.2) is 0 Å². The van der Waals surface area contributed by atoms with Crippen molar-refractivity contribution in [2.24, 2.45) is 0 Å². The maximum absolute atomic E-state index is 12.6. The minimum Gasteiger partial charge on any atom is -0.480 e. The van der Waals surface area contributed by atoms with E-state index in [4.69, 9.17) is 16.7 Å². The molecule has 21 heavy (non-hydrogen) atoms. The smallest absolute Gasteiger partial charge is 0.323 e. The monoisotopic (exact) mass is 332 g/mol. The van der Waals surface area contributed by atoms with Crippen LogP contribution in [-0.2, 0) is 19.6 Å². The molecule has 1 heterocycles. The van der Waals surface area contributed by atoms with Gasteiger partial charge in [0, 0.05) is 11.6 Å². The highest BCUT2D eigenvalue weighted by atomic mass is 35.5. The normalized spacial score (nSPS) is 20.1. The molecule has 0 aliphatic carbocycles. The molecule has 0 radical (unpaired) electrons. The van der Waals surface area contributed by atoms with E-state index in [9.17, 15) is 18.0 Å². The molecule has 1 saturated heterocycles. The summed E-state index contributed by atoms with van der Waals surface area (Å²) in [5.41, 5.74) is 0.425. The maximum atomic E-state index is 12.6. The Morgan fingerprint density at radius 2 is 2.14 bits per heavy atom. The van der Waals surface area contributed by atoms with Crippen LogP contribution in [0.15, 0.2) is 23.1 Å². The van der Waals surface area contributed by atoms with Crippen LogP contribution in [0.1, 0.15) is 5.56 Å². The first kappa shape index (κ1) is 15.7. The van der Waals surface area contributed by atoms with Crippen molar-refractivity contribution in [3.63, 3.8) is 0 Å². The van der Waals surface area contributed by atoms with Gasteiger partial charge in [-0.2, -0.15) is 4.31 Å². The van der Waals surface area contributed by atoms with Crippen LogP contribution in [0.3, 0.4) is 0 Å². The van der Waals surface area contributed by atoms with Crippen molar-refractivity contribution in [1.29, 1.82) is 0 Å². The number of carboxylic acids is 1. The molecule has 1 unspecified atom stereocenters. The van der Waals surface area contributed by atoms with E-state index in [0.29, 0.717) is 9.87 Å². The fraction of sp³-hybridized carbons (Fsp3) is 0.333. The van der Waals surface area contributed by atoms with E-state index >= 15 is 0 Å². The van der Waals surface area contributed by atoms with Crippen LogP contribution in [0.25, 0.3) is 0 Å². The summed E-state index contributed by atoms with van der Waals surface area (Å²) in [6.07, 6.45) is 0. The zero-order valence-corrected chi connectivity index (χ0v) is 12.6. The van der Waals surface area contributed by atoms with Gasteiger partial charge in [0.1, 0.15) is 6.04 Å². The Morgan fingerprint density at radius 1 is 1.48 bits per heavy atom. The van der Waals surface area contributed by atoms with Gasteiger partial charge in [0.25, 0.3) is 0 Å². The second-order valence-corrected chi connectivity index (χ2v) is 6.91. The van der Waals surface area contributed by atoms with Crippen molar-refractivity contribution in [2.45, 2.75) is 17.9 Å². The average Bonchev–Trinajstić information content (AvgIpc) is 2.41. The summed E-state index contributed by atoms with van der Waals surface area (Å²) in [4.78, 5) is 22.6. The Balaban J connectivity index is 2.52. The number of carboxylic acid groups (broad SMARTS) is 1. The number of aliphatic carboxylic acids is 1. The Kier molecular flexibility index (Phi) is 4.22. The number of nitrogens with zero attached hydrogens (tertiary/aromatic N) is 1. The minimum absolute atomic E-state index is 0.101. The molecule has 0 aromatic heterocycles. The van der Waals surface area contributed by atoms with Gasteiger partial charge in [-0.3, -0.25) is 9.59 Å². The molecule has 7 nitrogen and oxygen atoms in total. The van der Waals surface area contributed by atoms with E-state index in [1.54, 1.807) is 6.92 Å². The Morgan fingerprint density at radius 3 is 2.76 bits per heavy atom. The first-order chi connectivity index (χ1) is 9.73. The van der Waals surface area contributed by atoms with Gasteiger partial charge < -0.3 is 10.4 Å². The quantitative estimate of drug-likeness (QED) is 0.824. The Hall–Kier alpha value is -1.64. The summed E-state index contributed by atoms with van der Waals surface area (Å²) in [6, 6.07) is 2.96. The predicted octanol–water partition coefficient (Wildman–Crippen LogP) is 0.222. The van der Waals surface area contributed by atoms with Gasteiger partial charge in [-0.1, -0.05) is 17.7 Å². The molecule has 1 fully saturated rings. The van der Waals surface area contributed by atoms with Crippen molar-refractivity contribution in [2.75, 3.05) is 13.1 Å². The molecular weight excluding hydrogens is 320 g/mol. The summed E-state index contributed by atoms with van der Waals surface area (Å²) in [7, 11) is -4.14. The molecule has 2 N–H and O–H groups in total. The van der Waals surface area contributed by atoms with E-state index in [-0.39, 0.29) is 16.5 Å². The lowest BCUT2D eigenvalue weighted by Gasteiger charge is -2.32. The summed E-state index contributed by atoms with van der Waals surface area (Å²) in [5, 5.41) is 11.7. The predicted molar refractivity (Wildman–Crippen MR) is 74.5 cm³/mol. The highest BCUT2D eigenvalue weighted by Gasteiger charge is 2.40. The minimum atomic E-state index is -4.14. The third-order valence-corrected chi connectivity index (χ3v) is 5.39. The number of halogens is 1. The van der Waals surface area contributed by atoms with Crippen LogP contribution in [0.2, 0.25) is 5.02 Å². The molecule has 114 valence electrons. The standard InChI is InChI=1S/C12H13ClN2O5S/c1-7-2-3-8(13)4-10(7)21(19,20)15-6-11(16)14-5-9(15)12(17)18/h2-4,9H,5-6H2,1H3,(H,14,16)(H,17,18). The van der Waals surface area contributed by atoms with Crippen molar-refractivity contribution in [3.8, 4) is 0 Å². The molecule has 1 aliphatic rings. The third kappa shape index (κ3) is 3.02. The lowest BCUT2D eigenvalue weighted by molar-refractivity contribution is -0.143. The highest BCUT2D eigenvalue weighted by Crippen LogP contribution is 2.25. The average molecular weight is 333 g/mol. The van der Waals surface area contributed by atoms with Crippen LogP contribution in [-0.4, -0.2) is 48.8 Å². The number of rotatable bonds is 3. The molecule has 1 aliphatic heterocycles. The van der Waals surface area contributed by atoms with E-state index < -0.39 is 34.5 Å². The molecule has 1 amide bonds. The zero-order chi connectivity index (χ0) is 15.8. The molecule has 2 rings (SSSR count). The number of hydrogen-bond acceptors (Lipinski definition) is 4. The topological polar surface area (TPSA) is 104 Å². The van der Waals surface area contributed by atoms with Crippen LogP contribution >= 0.6 is 11.6 Å². The first-order valence-electron chi connectivity index (χ1n) is 6.01. The Bertz CT molecular complexity index is 704. The summed E-state index contributed by atoms with van der Waals surface area (Å²) >= 11 is 5.81. The van der Waals surface area contributed by atoms with E-state index in [0.717, 1.165) is 0 Å². The van der Waals surface area contributed by atoms with E-state index in [1.807, 2.05) is 0 Å². The number of benzene rings is 1. The molecular formula is C12H13ClN2O5S. The fourth-order valence-corrected chi connectivity index (χ4v) is 4.09. The number of carbonyl (C=O) groups excluding carboxylic acids is 1. The highest BCUT2D eigenvalue weighted by molar-refractivity contribution is 7.89. The molecule has 0 spiro atoms. The van der Waals surface area contributed by atoms with Crippen molar-refractivity contribution in [1.82, 2.24) is 9.62 Å². The van der Waals surface area contributed by atoms with Crippen molar-refractivity contribution in [3.05, 3.63) is 28.8 Å². The van der Waals surface area contributed by atoms with Gasteiger partial charge >= 0.3 is 5.97 Å². The molecule has 1 aromatic rings. The third-order valence-electron chi connectivity index (χ3n) is 3.16. The number of amides is 1. The molecule has 1 aromatic carbocycles. The van der Waals surface area contributed by atoms with E-state index in [2.05, 4.69) is 5.32 Å². The van der Waals surface area contributed by atoms with Crippen LogP contribution in [0.4, 0.5) is 0 Å².